The van der Waals surface area contributed by atoms with Crippen molar-refractivity contribution in [3.8, 4) is 0 Å². The van der Waals surface area contributed by atoms with Gasteiger partial charge in [-0.3, -0.25) is 4.79 Å². The second-order valence-electron chi connectivity index (χ2n) is 4.84. The molecule has 0 aliphatic heterocycles. The van der Waals surface area contributed by atoms with Gasteiger partial charge in [0.1, 0.15) is 0 Å². The van der Waals surface area contributed by atoms with Crippen LogP contribution in [0.3, 0.4) is 0 Å². The Bertz CT molecular complexity index is 467. The van der Waals surface area contributed by atoms with Crippen LogP contribution in [-0.2, 0) is 4.79 Å². The Labute approximate surface area is 113 Å². The standard InChI is InChI=1S/C15H20N2O2/c16-13-4-1-3-12(11-13)7-8-15(19)17(9-10-18)14-5-2-6-14/h1,3-4,7-8,11,14,18H,2,5-6,9-10,16H2/b8-7+. The number of aliphatic hydroxyl groups is 1. The molecule has 0 radical (unpaired) electrons. The lowest BCUT2D eigenvalue weighted by molar-refractivity contribution is -0.130. The van der Waals surface area contributed by atoms with Crippen molar-refractivity contribution in [2.24, 2.45) is 0 Å². The summed E-state index contributed by atoms with van der Waals surface area (Å²) in [7, 11) is 0. The maximum atomic E-state index is 12.1. The maximum Gasteiger partial charge on any atom is 0.246 e. The number of hydrogen-bond acceptors (Lipinski definition) is 3. The van der Waals surface area contributed by atoms with Crippen LogP contribution < -0.4 is 5.73 Å². The summed E-state index contributed by atoms with van der Waals surface area (Å²) in [4.78, 5) is 13.9. The van der Waals surface area contributed by atoms with Crippen molar-refractivity contribution >= 4 is 17.7 Å². The fraction of sp³-hybridized carbons (Fsp3) is 0.400. The molecule has 1 fully saturated rings. The van der Waals surface area contributed by atoms with Crippen LogP contribution >= 0.6 is 0 Å². The highest BCUT2D eigenvalue weighted by molar-refractivity contribution is 5.92. The minimum absolute atomic E-state index is 0.00830. The summed E-state index contributed by atoms with van der Waals surface area (Å²) in [5, 5.41) is 9.04. The van der Waals surface area contributed by atoms with E-state index in [-0.39, 0.29) is 12.5 Å². The minimum Gasteiger partial charge on any atom is -0.399 e. The van der Waals surface area contributed by atoms with Crippen LogP contribution in [0.25, 0.3) is 6.08 Å². The van der Waals surface area contributed by atoms with Crippen LogP contribution in [0, 0.1) is 0 Å². The van der Waals surface area contributed by atoms with E-state index in [0.29, 0.717) is 18.3 Å². The number of rotatable bonds is 5. The van der Waals surface area contributed by atoms with E-state index in [2.05, 4.69) is 0 Å². The minimum atomic E-state index is -0.0406. The fourth-order valence-corrected chi connectivity index (χ4v) is 2.20. The molecule has 1 saturated carbocycles. The van der Waals surface area contributed by atoms with Crippen LogP contribution in [0.2, 0.25) is 0 Å². The number of hydrogen-bond donors (Lipinski definition) is 2. The van der Waals surface area contributed by atoms with Gasteiger partial charge in [0.15, 0.2) is 0 Å². The van der Waals surface area contributed by atoms with E-state index < -0.39 is 0 Å². The lowest BCUT2D eigenvalue weighted by Crippen LogP contribution is -2.44. The van der Waals surface area contributed by atoms with Gasteiger partial charge in [0.2, 0.25) is 5.91 Å². The van der Waals surface area contributed by atoms with Crippen molar-refractivity contribution in [3.05, 3.63) is 35.9 Å². The molecule has 102 valence electrons. The third kappa shape index (κ3) is 3.58. The number of carbonyl (C=O) groups is 1. The Morgan fingerprint density at radius 3 is 2.84 bits per heavy atom. The molecule has 2 rings (SSSR count). The smallest absolute Gasteiger partial charge is 0.246 e. The molecule has 4 nitrogen and oxygen atoms in total. The van der Waals surface area contributed by atoms with Gasteiger partial charge >= 0.3 is 0 Å². The molecular weight excluding hydrogens is 240 g/mol. The average Bonchev–Trinajstić information content (AvgIpc) is 2.33. The van der Waals surface area contributed by atoms with Crippen LogP contribution in [0.15, 0.2) is 30.3 Å². The summed E-state index contributed by atoms with van der Waals surface area (Å²) in [5.74, 6) is -0.0406. The maximum absolute atomic E-state index is 12.1. The molecular formula is C15H20N2O2. The van der Waals surface area contributed by atoms with Crippen molar-refractivity contribution in [2.75, 3.05) is 18.9 Å². The number of benzene rings is 1. The predicted molar refractivity (Wildman–Crippen MR) is 76.3 cm³/mol. The SMILES string of the molecule is Nc1cccc(/C=C/C(=O)N(CCO)C2CCC2)c1. The summed E-state index contributed by atoms with van der Waals surface area (Å²) < 4.78 is 0. The van der Waals surface area contributed by atoms with Gasteiger partial charge < -0.3 is 15.7 Å². The Morgan fingerprint density at radius 2 is 2.26 bits per heavy atom. The first-order valence-electron chi connectivity index (χ1n) is 6.66. The molecule has 3 N–H and O–H groups in total. The van der Waals surface area contributed by atoms with Gasteiger partial charge in [0, 0.05) is 24.4 Å². The van der Waals surface area contributed by atoms with Crippen LogP contribution in [-0.4, -0.2) is 35.1 Å². The largest absolute Gasteiger partial charge is 0.399 e. The number of carbonyl (C=O) groups excluding carboxylic acids is 1. The van der Waals surface area contributed by atoms with E-state index in [1.165, 1.54) is 6.42 Å². The third-order valence-corrected chi connectivity index (χ3v) is 3.47. The quantitative estimate of drug-likeness (QED) is 0.625. The molecule has 1 aromatic carbocycles. The lowest BCUT2D eigenvalue weighted by atomic mass is 9.91. The first kappa shape index (κ1) is 13.6. The van der Waals surface area contributed by atoms with E-state index >= 15 is 0 Å². The van der Waals surface area contributed by atoms with Crippen molar-refractivity contribution in [1.29, 1.82) is 0 Å². The van der Waals surface area contributed by atoms with E-state index in [0.717, 1.165) is 18.4 Å². The Balaban J connectivity index is 2.01. The van der Waals surface area contributed by atoms with Gasteiger partial charge in [-0.1, -0.05) is 12.1 Å². The number of anilines is 1. The first-order chi connectivity index (χ1) is 9.20. The Morgan fingerprint density at radius 1 is 1.47 bits per heavy atom. The van der Waals surface area contributed by atoms with Crippen LogP contribution in [0.4, 0.5) is 5.69 Å². The van der Waals surface area contributed by atoms with Crippen molar-refractivity contribution in [3.63, 3.8) is 0 Å². The number of nitrogen functional groups attached to an aromatic ring is 1. The van der Waals surface area contributed by atoms with Gasteiger partial charge in [0.05, 0.1) is 6.61 Å². The van der Waals surface area contributed by atoms with E-state index in [1.54, 1.807) is 17.1 Å². The number of nitrogens with zero attached hydrogens (tertiary/aromatic N) is 1. The summed E-state index contributed by atoms with van der Waals surface area (Å²) >= 11 is 0. The van der Waals surface area contributed by atoms with Gasteiger partial charge in [-0.2, -0.15) is 0 Å². The molecule has 0 bridgehead atoms. The summed E-state index contributed by atoms with van der Waals surface area (Å²) in [6.45, 7) is 0.416. The molecule has 0 saturated heterocycles. The number of amides is 1. The molecule has 0 spiro atoms. The molecule has 0 aromatic heterocycles. The molecule has 1 amide bonds. The highest BCUT2D eigenvalue weighted by Crippen LogP contribution is 2.24. The van der Waals surface area contributed by atoms with Gasteiger partial charge in [-0.15, -0.1) is 0 Å². The third-order valence-electron chi connectivity index (χ3n) is 3.47. The topological polar surface area (TPSA) is 66.6 Å². The molecule has 1 aromatic rings. The summed E-state index contributed by atoms with van der Waals surface area (Å²) in [5.41, 5.74) is 7.28. The zero-order chi connectivity index (χ0) is 13.7. The zero-order valence-corrected chi connectivity index (χ0v) is 11.0. The summed E-state index contributed by atoms with van der Waals surface area (Å²) in [6.07, 6.45) is 6.57. The van der Waals surface area contributed by atoms with Crippen LogP contribution in [0.5, 0.6) is 0 Å². The van der Waals surface area contributed by atoms with Crippen molar-refractivity contribution in [1.82, 2.24) is 4.90 Å². The van der Waals surface area contributed by atoms with Gasteiger partial charge in [0.25, 0.3) is 0 Å². The molecule has 1 aliphatic carbocycles. The number of aliphatic hydroxyl groups excluding tert-OH is 1. The highest BCUT2D eigenvalue weighted by Gasteiger charge is 2.26. The van der Waals surface area contributed by atoms with Crippen LogP contribution in [0.1, 0.15) is 24.8 Å². The van der Waals surface area contributed by atoms with E-state index in [1.807, 2.05) is 24.3 Å². The fourth-order valence-electron chi connectivity index (χ4n) is 2.20. The first-order valence-corrected chi connectivity index (χ1v) is 6.66. The van der Waals surface area contributed by atoms with E-state index in [4.69, 9.17) is 10.8 Å². The van der Waals surface area contributed by atoms with Gasteiger partial charge in [-0.05, 0) is 43.0 Å². The van der Waals surface area contributed by atoms with Crippen molar-refractivity contribution in [2.45, 2.75) is 25.3 Å². The Kier molecular flexibility index (Phi) is 4.58. The molecule has 4 heteroatoms. The van der Waals surface area contributed by atoms with E-state index in [9.17, 15) is 4.79 Å². The number of nitrogens with two attached hydrogens (primary N) is 1. The second kappa shape index (κ2) is 6.38. The molecule has 19 heavy (non-hydrogen) atoms. The molecule has 0 heterocycles. The Hall–Kier alpha value is -1.81. The average molecular weight is 260 g/mol. The molecule has 0 unspecified atom stereocenters. The zero-order valence-electron chi connectivity index (χ0n) is 11.0. The summed E-state index contributed by atoms with van der Waals surface area (Å²) in [6, 6.07) is 7.69. The second-order valence-corrected chi connectivity index (χ2v) is 4.84. The molecule has 0 atom stereocenters. The normalized spacial score (nSPS) is 15.4. The van der Waals surface area contributed by atoms with Gasteiger partial charge in [-0.25, -0.2) is 0 Å². The lowest BCUT2D eigenvalue weighted by Gasteiger charge is -2.36. The van der Waals surface area contributed by atoms with Crippen molar-refractivity contribution < 1.29 is 9.90 Å². The monoisotopic (exact) mass is 260 g/mol. The predicted octanol–water partition coefficient (Wildman–Crippen LogP) is 1.66. The highest BCUT2D eigenvalue weighted by atomic mass is 16.3. The molecule has 1 aliphatic rings.